The van der Waals surface area contributed by atoms with Crippen molar-refractivity contribution in [3.63, 3.8) is 0 Å². The smallest absolute Gasteiger partial charge is 0.306 e. The lowest BCUT2D eigenvalue weighted by Crippen LogP contribution is -2.37. The fourth-order valence-electron chi connectivity index (χ4n) is 8.79. The first-order valence-corrected chi connectivity index (χ1v) is 34.1. The molecule has 0 aliphatic heterocycles. The molecule has 0 bridgehead atoms. The van der Waals surface area contributed by atoms with Crippen molar-refractivity contribution in [2.45, 2.75) is 277 Å². The Labute approximate surface area is 493 Å². The Morgan fingerprint density at radius 1 is 0.400 bits per heavy atom. The molecular weight excluding hydrogens is 1010 g/mol. The maximum atomic E-state index is 12.8. The third-order valence-electron chi connectivity index (χ3n) is 13.8. The molecule has 0 aromatic carbocycles. The minimum absolute atomic E-state index is 0.0356. The zero-order valence-corrected chi connectivity index (χ0v) is 53.1. The summed E-state index contributed by atoms with van der Waals surface area (Å²) in [6.45, 7) is 4.12. The summed E-state index contributed by atoms with van der Waals surface area (Å²) in [5, 5.41) is 0. The highest BCUT2D eigenvalue weighted by Gasteiger charge is 2.22. The first-order valence-electron chi connectivity index (χ1n) is 32.6. The molecule has 460 valence electrons. The van der Waals surface area contributed by atoms with Gasteiger partial charge in [-0.25, -0.2) is 0 Å². The number of hydrogen-bond donors (Lipinski definition) is 0. The second-order valence-electron chi connectivity index (χ2n) is 22.7. The highest BCUT2D eigenvalue weighted by Crippen LogP contribution is 2.38. The van der Waals surface area contributed by atoms with E-state index in [2.05, 4.69) is 123 Å². The van der Waals surface area contributed by atoms with Crippen LogP contribution in [-0.4, -0.2) is 70.0 Å². The number of likely N-dealkylation sites (N-methyl/N-ethyl adjacent to an activating group) is 1. The monoisotopic (exact) mass is 1140 g/mol. The summed E-state index contributed by atoms with van der Waals surface area (Å²) in [6.07, 6.45) is 84.3. The van der Waals surface area contributed by atoms with E-state index in [1.807, 2.05) is 21.1 Å². The van der Waals surface area contributed by atoms with Crippen LogP contribution < -0.4 is 4.89 Å². The molecule has 2 unspecified atom stereocenters. The maximum Gasteiger partial charge on any atom is 0.306 e. The molecule has 0 aromatic heterocycles. The van der Waals surface area contributed by atoms with E-state index >= 15 is 0 Å². The molecule has 0 aliphatic carbocycles. The van der Waals surface area contributed by atoms with Gasteiger partial charge in [0.05, 0.1) is 27.7 Å². The van der Waals surface area contributed by atoms with Crippen molar-refractivity contribution in [3.8, 4) is 0 Å². The molecule has 0 rings (SSSR count). The standard InChI is InChI=1S/C70H122NO8P/c1-6-8-10-12-14-16-18-20-22-24-26-28-29-30-31-32-33-34-35-36-37-38-39-40-41-43-45-47-49-51-53-55-57-59-61-63-70(73)79-68(67-78-80(74,75)77-65-64-71(3,4)5)66-76-69(72)62-60-58-56-54-52-50-48-46-44-42-27-25-23-21-19-17-15-13-11-9-7-2/h8,10,14,16,19-22,25-28,30-31,33-34,36-37,68H,6-7,9,11-13,15,17-18,23-24,29,32,35,38-67H2,1-5H3/b10-8-,16-14-,21-19-,22-20-,27-25-,28-26-,31-30-,34-33-,37-36-. The summed E-state index contributed by atoms with van der Waals surface area (Å²) in [7, 11) is 1.16. The molecule has 80 heavy (non-hydrogen) atoms. The third-order valence-corrected chi connectivity index (χ3v) is 14.7. The van der Waals surface area contributed by atoms with Crippen molar-refractivity contribution in [1.82, 2.24) is 0 Å². The number of ether oxygens (including phenoxy) is 2. The quantitative estimate of drug-likeness (QED) is 0.0195. The van der Waals surface area contributed by atoms with Crippen molar-refractivity contribution >= 4 is 19.8 Å². The van der Waals surface area contributed by atoms with Gasteiger partial charge in [0.15, 0.2) is 6.10 Å². The Bertz CT molecular complexity index is 1720. The van der Waals surface area contributed by atoms with Crippen LogP contribution in [0.2, 0.25) is 0 Å². The summed E-state index contributed by atoms with van der Waals surface area (Å²) in [6, 6.07) is 0. The normalized spacial score (nSPS) is 13.9. The van der Waals surface area contributed by atoms with Gasteiger partial charge in [0, 0.05) is 12.8 Å². The fourth-order valence-corrected chi connectivity index (χ4v) is 9.51. The predicted molar refractivity (Wildman–Crippen MR) is 342 cm³/mol. The topological polar surface area (TPSA) is 111 Å². The number of rotatable bonds is 59. The Morgan fingerprint density at radius 3 is 1.06 bits per heavy atom. The van der Waals surface area contributed by atoms with Crippen LogP contribution >= 0.6 is 7.82 Å². The zero-order valence-electron chi connectivity index (χ0n) is 52.2. The summed E-state index contributed by atoms with van der Waals surface area (Å²) >= 11 is 0. The molecule has 0 amide bonds. The van der Waals surface area contributed by atoms with Crippen molar-refractivity contribution in [3.05, 3.63) is 109 Å². The van der Waals surface area contributed by atoms with Gasteiger partial charge in [-0.3, -0.25) is 14.2 Å². The van der Waals surface area contributed by atoms with Crippen LogP contribution in [0.1, 0.15) is 271 Å². The zero-order chi connectivity index (χ0) is 58.4. The molecule has 0 spiro atoms. The molecule has 0 aliphatic rings. The van der Waals surface area contributed by atoms with Crippen LogP contribution in [0, 0.1) is 0 Å². The lowest BCUT2D eigenvalue weighted by molar-refractivity contribution is -0.870. The number of quaternary nitrogens is 1. The van der Waals surface area contributed by atoms with Crippen LogP contribution in [0.3, 0.4) is 0 Å². The maximum absolute atomic E-state index is 12.8. The van der Waals surface area contributed by atoms with E-state index in [1.165, 1.54) is 135 Å². The van der Waals surface area contributed by atoms with E-state index in [9.17, 15) is 19.0 Å². The average molecular weight is 1140 g/mol. The fraction of sp³-hybridized carbons (Fsp3) is 0.714. The van der Waals surface area contributed by atoms with E-state index in [0.29, 0.717) is 17.4 Å². The summed E-state index contributed by atoms with van der Waals surface area (Å²) in [5.41, 5.74) is 0. The van der Waals surface area contributed by atoms with E-state index in [4.69, 9.17) is 18.5 Å². The minimum atomic E-state index is -4.65. The van der Waals surface area contributed by atoms with Crippen LogP contribution in [0.15, 0.2) is 109 Å². The lowest BCUT2D eigenvalue weighted by Gasteiger charge is -2.28. The number of hydrogen-bond acceptors (Lipinski definition) is 8. The number of unbranched alkanes of at least 4 members (excludes halogenated alkanes) is 27. The van der Waals surface area contributed by atoms with Crippen molar-refractivity contribution < 1.29 is 42.1 Å². The van der Waals surface area contributed by atoms with Gasteiger partial charge < -0.3 is 27.9 Å². The number of allylic oxidation sites excluding steroid dienone is 18. The first kappa shape index (κ1) is 76.7. The highest BCUT2D eigenvalue weighted by atomic mass is 31.2. The van der Waals surface area contributed by atoms with Gasteiger partial charge in [-0.1, -0.05) is 264 Å². The average Bonchev–Trinajstić information content (AvgIpc) is 3.42. The molecule has 9 nitrogen and oxygen atoms in total. The molecule has 0 radical (unpaired) electrons. The number of carbonyl (C=O) groups excluding carboxylic acids is 2. The van der Waals surface area contributed by atoms with Gasteiger partial charge in [-0.05, 0) is 103 Å². The van der Waals surface area contributed by atoms with Gasteiger partial charge in [-0.2, -0.15) is 0 Å². The van der Waals surface area contributed by atoms with Crippen LogP contribution in [0.5, 0.6) is 0 Å². The number of phosphoric ester groups is 1. The van der Waals surface area contributed by atoms with Gasteiger partial charge >= 0.3 is 11.9 Å². The Balaban J connectivity index is 4.10. The number of nitrogens with zero attached hydrogens (tertiary/aromatic N) is 1. The largest absolute Gasteiger partial charge is 0.756 e. The van der Waals surface area contributed by atoms with Crippen LogP contribution in [0.4, 0.5) is 0 Å². The van der Waals surface area contributed by atoms with E-state index in [1.54, 1.807) is 0 Å². The Morgan fingerprint density at radius 2 is 0.713 bits per heavy atom. The Hall–Kier alpha value is -3.33. The molecule has 0 fully saturated rings. The molecule has 0 aromatic rings. The molecule has 0 saturated heterocycles. The molecular formula is C70H122NO8P. The number of carbonyl (C=O) groups is 2. The SMILES string of the molecule is CC/C=C\C/C=C\C/C=C\C/C=C\C/C=C\C/C=C\C/C=C\CCCCCCCCCCCCCCCC(=O)OC(COC(=O)CCCCCCCCCCC/C=C\C/C=C\CCCCCCC)COP(=O)([O-])OCC[N+](C)(C)C. The summed E-state index contributed by atoms with van der Waals surface area (Å²) in [4.78, 5) is 38.0. The van der Waals surface area contributed by atoms with Crippen LogP contribution in [-0.2, 0) is 32.7 Å². The van der Waals surface area contributed by atoms with Gasteiger partial charge in [0.25, 0.3) is 7.82 Å². The van der Waals surface area contributed by atoms with Gasteiger partial charge in [-0.15, -0.1) is 0 Å². The third kappa shape index (κ3) is 63.8. The molecule has 10 heteroatoms. The molecule has 2 atom stereocenters. The molecule has 0 N–H and O–H groups in total. The highest BCUT2D eigenvalue weighted by molar-refractivity contribution is 7.45. The first-order chi connectivity index (χ1) is 39.0. The predicted octanol–water partition coefficient (Wildman–Crippen LogP) is 20.3. The second kappa shape index (κ2) is 60.3. The van der Waals surface area contributed by atoms with Crippen molar-refractivity contribution in [2.24, 2.45) is 0 Å². The van der Waals surface area contributed by atoms with Crippen molar-refractivity contribution in [1.29, 1.82) is 0 Å². The Kier molecular flexibility index (Phi) is 57.8. The van der Waals surface area contributed by atoms with Crippen molar-refractivity contribution in [2.75, 3.05) is 47.5 Å². The van der Waals surface area contributed by atoms with Gasteiger partial charge in [0.2, 0.25) is 0 Å². The van der Waals surface area contributed by atoms with E-state index in [0.717, 1.165) is 103 Å². The van der Waals surface area contributed by atoms with E-state index < -0.39 is 26.5 Å². The summed E-state index contributed by atoms with van der Waals surface area (Å²) in [5.74, 6) is -0.838. The van der Waals surface area contributed by atoms with Crippen LogP contribution in [0.25, 0.3) is 0 Å². The minimum Gasteiger partial charge on any atom is -0.756 e. The number of phosphoric acid groups is 1. The molecule has 0 heterocycles. The summed E-state index contributed by atoms with van der Waals surface area (Å²) < 4.78 is 34.2. The lowest BCUT2D eigenvalue weighted by atomic mass is 10.0. The van der Waals surface area contributed by atoms with E-state index in [-0.39, 0.29) is 32.0 Å². The van der Waals surface area contributed by atoms with Gasteiger partial charge in [0.1, 0.15) is 19.8 Å². The molecule has 0 saturated carbocycles. The second-order valence-corrected chi connectivity index (χ2v) is 24.2. The number of esters is 2.